The molecule has 1 N–H and O–H groups in total. The number of aliphatic hydroxyl groups is 1. The van der Waals surface area contributed by atoms with E-state index in [4.69, 9.17) is 5.11 Å². The Kier molecular flexibility index (Phi) is 8.82. The van der Waals surface area contributed by atoms with Crippen LogP contribution in [0.5, 0.6) is 0 Å². The summed E-state index contributed by atoms with van der Waals surface area (Å²) in [5.41, 5.74) is 0. The third-order valence-corrected chi connectivity index (χ3v) is 2.40. The van der Waals surface area contributed by atoms with Gasteiger partial charge in [-0.2, -0.15) is 0 Å². The van der Waals surface area contributed by atoms with E-state index in [-0.39, 0.29) is 18.3 Å². The first-order valence-corrected chi connectivity index (χ1v) is 6.05. The van der Waals surface area contributed by atoms with Crippen LogP contribution in [0.3, 0.4) is 0 Å². The first-order chi connectivity index (χ1) is 7.57. The highest BCUT2D eigenvalue weighted by Gasteiger charge is 2.00. The normalized spacial score (nSPS) is 14.1. The minimum atomic E-state index is 0.0939. The van der Waals surface area contributed by atoms with Crippen LogP contribution in [-0.4, -0.2) is 17.5 Å². The van der Waals surface area contributed by atoms with Gasteiger partial charge < -0.3 is 5.11 Å². The summed E-state index contributed by atoms with van der Waals surface area (Å²) in [5, 5.41) is 8.71. The van der Waals surface area contributed by atoms with Crippen LogP contribution in [0.2, 0.25) is 0 Å². The Bertz CT molecular complexity index is 239. The molecule has 0 heterocycles. The molecule has 2 heteroatoms. The molecule has 0 saturated carbocycles. The molecule has 0 aromatic rings. The van der Waals surface area contributed by atoms with Crippen molar-refractivity contribution < 1.29 is 9.90 Å². The lowest BCUT2D eigenvalue weighted by atomic mass is 10.1. The smallest absolute Gasteiger partial charge is 0.157 e. The fourth-order valence-electron chi connectivity index (χ4n) is 1.21. The Morgan fingerprint density at radius 1 is 1.19 bits per heavy atom. The number of aliphatic hydroxyl groups excluding tert-OH is 1. The van der Waals surface area contributed by atoms with Gasteiger partial charge in [-0.25, -0.2) is 0 Å². The van der Waals surface area contributed by atoms with Crippen LogP contribution in [0.4, 0.5) is 0 Å². The molecule has 16 heavy (non-hydrogen) atoms. The highest BCUT2D eigenvalue weighted by Crippen LogP contribution is 2.04. The van der Waals surface area contributed by atoms with Gasteiger partial charge in [-0.05, 0) is 31.3 Å². The molecule has 0 aliphatic carbocycles. The predicted octanol–water partition coefficient (Wildman–Crippen LogP) is 3.12. The highest BCUT2D eigenvalue weighted by molar-refractivity contribution is 5.91. The predicted molar refractivity (Wildman–Crippen MR) is 68.2 cm³/mol. The third-order valence-electron chi connectivity index (χ3n) is 2.40. The van der Waals surface area contributed by atoms with Crippen molar-refractivity contribution in [2.45, 2.75) is 40.0 Å². The molecule has 1 atom stereocenters. The Labute approximate surface area is 99.1 Å². The Balaban J connectivity index is 3.63. The number of unbranched alkanes of at least 4 members (excludes halogenated alkanes) is 1. The van der Waals surface area contributed by atoms with Gasteiger partial charge in [0, 0.05) is 12.5 Å². The van der Waals surface area contributed by atoms with Crippen molar-refractivity contribution in [2.75, 3.05) is 6.61 Å². The molecule has 0 rings (SSSR count). The second kappa shape index (κ2) is 9.34. The number of hydrogen-bond acceptors (Lipinski definition) is 2. The molecule has 0 aliphatic heterocycles. The van der Waals surface area contributed by atoms with Gasteiger partial charge in [0.05, 0.1) is 0 Å². The molecule has 0 spiro atoms. The molecule has 0 saturated heterocycles. The maximum absolute atomic E-state index is 11.2. The Morgan fingerprint density at radius 3 is 2.38 bits per heavy atom. The standard InChI is InChI=1S/C14H24O2/c1-12(2)14(16)9-7-5-4-6-8-13(3)10-11-15/h6-9,12-13,15H,4-5,10-11H2,1-3H3/b8-6+,9-7+. The molecular formula is C14H24O2. The summed E-state index contributed by atoms with van der Waals surface area (Å²) in [4.78, 5) is 11.2. The quantitative estimate of drug-likeness (QED) is 0.391. The summed E-state index contributed by atoms with van der Waals surface area (Å²) in [6.45, 7) is 6.14. The molecule has 2 nitrogen and oxygen atoms in total. The van der Waals surface area contributed by atoms with E-state index >= 15 is 0 Å². The molecule has 0 aromatic heterocycles. The van der Waals surface area contributed by atoms with Crippen LogP contribution in [0, 0.1) is 11.8 Å². The average Bonchev–Trinajstić information content (AvgIpc) is 2.23. The lowest BCUT2D eigenvalue weighted by molar-refractivity contribution is -0.117. The number of hydrogen-bond donors (Lipinski definition) is 1. The van der Waals surface area contributed by atoms with E-state index in [0.29, 0.717) is 5.92 Å². The number of carbonyl (C=O) groups is 1. The van der Waals surface area contributed by atoms with E-state index in [2.05, 4.69) is 19.1 Å². The number of allylic oxidation sites excluding steroid dienone is 4. The van der Waals surface area contributed by atoms with E-state index in [9.17, 15) is 4.79 Å². The van der Waals surface area contributed by atoms with Crippen LogP contribution in [0.15, 0.2) is 24.3 Å². The minimum absolute atomic E-state index is 0.0939. The third kappa shape index (κ3) is 8.42. The maximum atomic E-state index is 11.2. The second-order valence-corrected chi connectivity index (χ2v) is 4.45. The van der Waals surface area contributed by atoms with Crippen molar-refractivity contribution in [3.63, 3.8) is 0 Å². The van der Waals surface area contributed by atoms with Gasteiger partial charge in [-0.15, -0.1) is 0 Å². The second-order valence-electron chi connectivity index (χ2n) is 4.45. The van der Waals surface area contributed by atoms with E-state index in [1.807, 2.05) is 19.9 Å². The van der Waals surface area contributed by atoms with Crippen molar-refractivity contribution in [3.8, 4) is 0 Å². The Hall–Kier alpha value is -0.890. The van der Waals surface area contributed by atoms with Crippen LogP contribution in [0.1, 0.15) is 40.0 Å². The molecule has 0 amide bonds. The fraction of sp³-hybridized carbons (Fsp3) is 0.643. The average molecular weight is 224 g/mol. The summed E-state index contributed by atoms with van der Waals surface area (Å²) in [5.74, 6) is 0.722. The van der Waals surface area contributed by atoms with Crippen LogP contribution < -0.4 is 0 Å². The van der Waals surface area contributed by atoms with Crippen LogP contribution in [-0.2, 0) is 4.79 Å². The topological polar surface area (TPSA) is 37.3 Å². The number of ketones is 1. The molecule has 92 valence electrons. The summed E-state index contributed by atoms with van der Waals surface area (Å²) < 4.78 is 0. The van der Waals surface area contributed by atoms with Gasteiger partial charge in [-0.1, -0.05) is 39.0 Å². The SMILES string of the molecule is CC(/C=C/CC/C=C/C(=O)C(C)C)CCO. The van der Waals surface area contributed by atoms with Gasteiger partial charge in [0.25, 0.3) is 0 Å². The van der Waals surface area contributed by atoms with Gasteiger partial charge in [0.15, 0.2) is 5.78 Å². The number of carbonyl (C=O) groups excluding carboxylic acids is 1. The van der Waals surface area contributed by atoms with Crippen molar-refractivity contribution in [1.82, 2.24) is 0 Å². The molecule has 0 aliphatic rings. The lowest BCUT2D eigenvalue weighted by Gasteiger charge is -2.01. The summed E-state index contributed by atoms with van der Waals surface area (Å²) >= 11 is 0. The van der Waals surface area contributed by atoms with Gasteiger partial charge in [0.1, 0.15) is 0 Å². The molecule has 0 bridgehead atoms. The van der Waals surface area contributed by atoms with Crippen molar-refractivity contribution in [3.05, 3.63) is 24.3 Å². The van der Waals surface area contributed by atoms with Crippen molar-refractivity contribution >= 4 is 5.78 Å². The summed E-state index contributed by atoms with van der Waals surface area (Å²) in [6.07, 6.45) is 10.5. The minimum Gasteiger partial charge on any atom is -0.396 e. The fourth-order valence-corrected chi connectivity index (χ4v) is 1.21. The zero-order chi connectivity index (χ0) is 12.4. The zero-order valence-electron chi connectivity index (χ0n) is 10.6. The van der Waals surface area contributed by atoms with Gasteiger partial charge in [0.2, 0.25) is 0 Å². The first kappa shape index (κ1) is 15.1. The van der Waals surface area contributed by atoms with Gasteiger partial charge >= 0.3 is 0 Å². The lowest BCUT2D eigenvalue weighted by Crippen LogP contribution is -2.01. The van der Waals surface area contributed by atoms with E-state index < -0.39 is 0 Å². The molecule has 0 fully saturated rings. The molecule has 0 aromatic carbocycles. The molecule has 0 radical (unpaired) electrons. The van der Waals surface area contributed by atoms with Crippen molar-refractivity contribution in [2.24, 2.45) is 11.8 Å². The summed E-state index contributed by atoms with van der Waals surface area (Å²) in [7, 11) is 0. The monoisotopic (exact) mass is 224 g/mol. The van der Waals surface area contributed by atoms with E-state index in [1.165, 1.54) is 0 Å². The van der Waals surface area contributed by atoms with Crippen LogP contribution >= 0.6 is 0 Å². The van der Waals surface area contributed by atoms with E-state index in [1.54, 1.807) is 6.08 Å². The Morgan fingerprint density at radius 2 is 1.81 bits per heavy atom. The molecular weight excluding hydrogens is 200 g/mol. The maximum Gasteiger partial charge on any atom is 0.157 e. The first-order valence-electron chi connectivity index (χ1n) is 6.05. The van der Waals surface area contributed by atoms with Gasteiger partial charge in [-0.3, -0.25) is 4.79 Å². The number of rotatable bonds is 8. The van der Waals surface area contributed by atoms with Crippen LogP contribution in [0.25, 0.3) is 0 Å². The largest absolute Gasteiger partial charge is 0.396 e. The zero-order valence-corrected chi connectivity index (χ0v) is 10.6. The highest BCUT2D eigenvalue weighted by atomic mass is 16.3. The summed E-state index contributed by atoms with van der Waals surface area (Å²) in [6, 6.07) is 0. The van der Waals surface area contributed by atoms with E-state index in [0.717, 1.165) is 19.3 Å². The van der Waals surface area contributed by atoms with Crippen molar-refractivity contribution in [1.29, 1.82) is 0 Å². The molecule has 1 unspecified atom stereocenters.